The number of methoxy groups -OCH3 is 2. The van der Waals surface area contributed by atoms with Crippen molar-refractivity contribution in [1.29, 1.82) is 0 Å². The summed E-state index contributed by atoms with van der Waals surface area (Å²) < 4.78 is 16.5. The molecule has 24 heavy (non-hydrogen) atoms. The van der Waals surface area contributed by atoms with Crippen LogP contribution in [0.25, 0.3) is 0 Å². The quantitative estimate of drug-likeness (QED) is 0.620. The molecule has 1 atom stereocenters. The Morgan fingerprint density at radius 2 is 1.75 bits per heavy atom. The lowest BCUT2D eigenvalue weighted by molar-refractivity contribution is 0.0784. The first-order chi connectivity index (χ1) is 11.5. The number of hydrogen-bond donors (Lipinski definition) is 1. The molecule has 0 saturated heterocycles. The maximum Gasteiger partial charge on any atom is 0.207 e. The molecule has 2 aromatic rings. The molecule has 128 valence electrons. The molecule has 1 unspecified atom stereocenters. The third kappa shape index (κ3) is 3.62. The van der Waals surface area contributed by atoms with Crippen molar-refractivity contribution in [3.63, 3.8) is 0 Å². The molecule has 0 aliphatic rings. The Morgan fingerprint density at radius 3 is 2.33 bits per heavy atom. The minimum absolute atomic E-state index is 0.170. The minimum atomic E-state index is -0.656. The highest BCUT2D eigenvalue weighted by Crippen LogP contribution is 2.31. The van der Waals surface area contributed by atoms with Gasteiger partial charge in [-0.3, -0.25) is 4.79 Å². The molecule has 5 heteroatoms. The number of aryl methyl sites for hydroxylation is 1. The Kier molecular flexibility index (Phi) is 5.68. The molecule has 2 rings (SSSR count). The lowest BCUT2D eigenvalue weighted by Gasteiger charge is -2.19. The van der Waals surface area contributed by atoms with Gasteiger partial charge in [-0.05, 0) is 43.2 Å². The van der Waals surface area contributed by atoms with E-state index in [9.17, 15) is 4.79 Å². The van der Waals surface area contributed by atoms with Crippen LogP contribution in [0.4, 0.5) is 5.69 Å². The van der Waals surface area contributed by atoms with E-state index in [1.54, 1.807) is 31.4 Å². The maximum absolute atomic E-state index is 12.9. The summed E-state index contributed by atoms with van der Waals surface area (Å²) in [5.41, 5.74) is 7.73. The van der Waals surface area contributed by atoms with E-state index in [0.717, 1.165) is 5.56 Å². The van der Waals surface area contributed by atoms with E-state index < -0.39 is 6.10 Å². The van der Waals surface area contributed by atoms with E-state index in [2.05, 4.69) is 0 Å². The third-order valence-corrected chi connectivity index (χ3v) is 3.83. The summed E-state index contributed by atoms with van der Waals surface area (Å²) in [6, 6.07) is 10.6. The van der Waals surface area contributed by atoms with Gasteiger partial charge in [0.1, 0.15) is 17.2 Å². The van der Waals surface area contributed by atoms with Crippen LogP contribution in [0, 0.1) is 6.92 Å². The lowest BCUT2D eigenvalue weighted by atomic mass is 10.0. The average Bonchev–Trinajstić information content (AvgIpc) is 2.60. The second-order valence-corrected chi connectivity index (χ2v) is 5.44. The van der Waals surface area contributed by atoms with Gasteiger partial charge < -0.3 is 19.9 Å². The Balaban J connectivity index is 2.36. The highest BCUT2D eigenvalue weighted by molar-refractivity contribution is 6.02. The fourth-order valence-electron chi connectivity index (χ4n) is 2.48. The summed E-state index contributed by atoms with van der Waals surface area (Å²) >= 11 is 0. The molecular formula is C19H23NO4. The van der Waals surface area contributed by atoms with Crippen LogP contribution < -0.4 is 19.9 Å². The van der Waals surface area contributed by atoms with E-state index in [4.69, 9.17) is 19.9 Å². The van der Waals surface area contributed by atoms with Crippen molar-refractivity contribution in [2.75, 3.05) is 20.0 Å². The predicted octanol–water partition coefficient (Wildman–Crippen LogP) is 3.63. The number of para-hydroxylation sites is 2. The van der Waals surface area contributed by atoms with Crippen molar-refractivity contribution in [1.82, 2.24) is 0 Å². The van der Waals surface area contributed by atoms with Crippen molar-refractivity contribution in [2.45, 2.75) is 26.4 Å². The molecular weight excluding hydrogens is 306 g/mol. The van der Waals surface area contributed by atoms with Crippen LogP contribution in [0.5, 0.6) is 17.2 Å². The Hall–Kier alpha value is -2.69. The molecule has 0 radical (unpaired) electrons. The third-order valence-electron chi connectivity index (χ3n) is 3.83. The van der Waals surface area contributed by atoms with Gasteiger partial charge in [-0.15, -0.1) is 0 Å². The molecule has 2 aromatic carbocycles. The number of benzene rings is 2. The molecule has 2 N–H and O–H groups in total. The topological polar surface area (TPSA) is 70.8 Å². The summed E-state index contributed by atoms with van der Waals surface area (Å²) in [7, 11) is 3.11. The molecule has 0 spiro atoms. The standard InChI is InChI=1S/C19H23NO4/c1-5-15(24-16-9-7-6-8-14(16)20)19(21)13-11-17(22-3)12(2)10-18(13)23-4/h6-11,15H,5,20H2,1-4H3. The van der Waals surface area contributed by atoms with E-state index >= 15 is 0 Å². The molecule has 0 heterocycles. The Bertz CT molecular complexity index is 727. The number of anilines is 1. The van der Waals surface area contributed by atoms with Gasteiger partial charge in [-0.2, -0.15) is 0 Å². The van der Waals surface area contributed by atoms with Gasteiger partial charge in [-0.1, -0.05) is 19.1 Å². The highest BCUT2D eigenvalue weighted by Gasteiger charge is 2.25. The summed E-state index contributed by atoms with van der Waals surface area (Å²) in [6.45, 7) is 3.79. The molecule has 0 saturated carbocycles. The first-order valence-electron chi connectivity index (χ1n) is 7.79. The van der Waals surface area contributed by atoms with E-state index in [-0.39, 0.29) is 5.78 Å². The Morgan fingerprint density at radius 1 is 1.08 bits per heavy atom. The molecule has 0 aliphatic carbocycles. The summed E-state index contributed by atoms with van der Waals surface area (Å²) in [5, 5.41) is 0. The van der Waals surface area contributed by atoms with Crippen molar-refractivity contribution in [3.05, 3.63) is 47.5 Å². The second-order valence-electron chi connectivity index (χ2n) is 5.44. The van der Waals surface area contributed by atoms with E-state index in [1.165, 1.54) is 7.11 Å². The summed E-state index contributed by atoms with van der Waals surface area (Å²) in [6.07, 6.45) is -0.150. The number of carbonyl (C=O) groups excluding carboxylic acids is 1. The number of rotatable bonds is 7. The lowest BCUT2D eigenvalue weighted by Crippen LogP contribution is -2.27. The highest BCUT2D eigenvalue weighted by atomic mass is 16.5. The summed E-state index contributed by atoms with van der Waals surface area (Å²) in [5.74, 6) is 1.46. The number of hydrogen-bond acceptors (Lipinski definition) is 5. The van der Waals surface area contributed by atoms with Gasteiger partial charge in [-0.25, -0.2) is 0 Å². The zero-order chi connectivity index (χ0) is 17.7. The van der Waals surface area contributed by atoms with E-state index in [0.29, 0.717) is 34.9 Å². The fourth-order valence-corrected chi connectivity index (χ4v) is 2.48. The zero-order valence-corrected chi connectivity index (χ0v) is 14.5. The predicted molar refractivity (Wildman–Crippen MR) is 94.2 cm³/mol. The first-order valence-corrected chi connectivity index (χ1v) is 7.79. The van der Waals surface area contributed by atoms with Crippen LogP contribution >= 0.6 is 0 Å². The number of ether oxygens (including phenoxy) is 3. The van der Waals surface area contributed by atoms with Gasteiger partial charge in [0.25, 0.3) is 0 Å². The second kappa shape index (κ2) is 7.73. The largest absolute Gasteiger partial charge is 0.496 e. The van der Waals surface area contributed by atoms with Gasteiger partial charge in [0.15, 0.2) is 6.10 Å². The van der Waals surface area contributed by atoms with Gasteiger partial charge >= 0.3 is 0 Å². The number of carbonyl (C=O) groups is 1. The number of Topliss-reactive ketones (excluding diaryl/α,β-unsaturated/α-hetero) is 1. The van der Waals surface area contributed by atoms with E-state index in [1.807, 2.05) is 26.0 Å². The van der Waals surface area contributed by atoms with Crippen LogP contribution in [0.15, 0.2) is 36.4 Å². The SMILES string of the molecule is CCC(Oc1ccccc1N)C(=O)c1cc(OC)c(C)cc1OC. The average molecular weight is 329 g/mol. The molecule has 0 fully saturated rings. The zero-order valence-electron chi connectivity index (χ0n) is 14.5. The number of ketones is 1. The van der Waals surface area contributed by atoms with Gasteiger partial charge in [0.2, 0.25) is 5.78 Å². The van der Waals surface area contributed by atoms with Crippen LogP contribution in [-0.2, 0) is 0 Å². The maximum atomic E-state index is 12.9. The molecule has 0 amide bonds. The molecule has 0 aliphatic heterocycles. The molecule has 5 nitrogen and oxygen atoms in total. The summed E-state index contributed by atoms with van der Waals surface area (Å²) in [4.78, 5) is 12.9. The van der Waals surface area contributed by atoms with Crippen molar-refractivity contribution in [2.24, 2.45) is 0 Å². The molecule has 0 aromatic heterocycles. The normalized spacial score (nSPS) is 11.7. The van der Waals surface area contributed by atoms with Crippen LogP contribution in [0.1, 0.15) is 29.3 Å². The fraction of sp³-hybridized carbons (Fsp3) is 0.316. The van der Waals surface area contributed by atoms with Crippen molar-refractivity contribution < 1.29 is 19.0 Å². The minimum Gasteiger partial charge on any atom is -0.496 e. The monoisotopic (exact) mass is 329 g/mol. The van der Waals surface area contributed by atoms with Gasteiger partial charge in [0.05, 0.1) is 25.5 Å². The smallest absolute Gasteiger partial charge is 0.207 e. The van der Waals surface area contributed by atoms with Crippen LogP contribution in [0.2, 0.25) is 0 Å². The number of nitrogens with two attached hydrogens (primary N) is 1. The number of nitrogen functional groups attached to an aromatic ring is 1. The van der Waals surface area contributed by atoms with Crippen LogP contribution in [0.3, 0.4) is 0 Å². The van der Waals surface area contributed by atoms with Crippen molar-refractivity contribution in [3.8, 4) is 17.2 Å². The first kappa shape index (κ1) is 17.7. The molecule has 0 bridgehead atoms. The van der Waals surface area contributed by atoms with Gasteiger partial charge in [0, 0.05) is 0 Å². The van der Waals surface area contributed by atoms with Crippen molar-refractivity contribution >= 4 is 11.5 Å². The Labute approximate surface area is 142 Å². The van der Waals surface area contributed by atoms with Crippen LogP contribution in [-0.4, -0.2) is 26.1 Å².